The summed E-state index contributed by atoms with van der Waals surface area (Å²) in [6.07, 6.45) is 3.57. The molecule has 0 aliphatic heterocycles. The minimum absolute atomic E-state index is 0.0884. The lowest BCUT2D eigenvalue weighted by molar-refractivity contribution is 0.664. The van der Waals surface area contributed by atoms with Gasteiger partial charge in [0.1, 0.15) is 11.2 Å². The Morgan fingerprint density at radius 1 is 0.480 bits per heavy atom. The molecule has 8 aromatic carbocycles. The number of unbranched alkanes of at least 4 members (excludes halogenated alkanes) is 1. The third-order valence-corrected chi connectivity index (χ3v) is 11.4. The molecule has 0 spiro atoms. The first-order chi connectivity index (χ1) is 24.5. The van der Waals surface area contributed by atoms with E-state index in [1.165, 1.54) is 95.2 Å². The summed E-state index contributed by atoms with van der Waals surface area (Å²) in [5.41, 5.74) is 13.9. The maximum absolute atomic E-state index is 6.24. The number of furan rings is 1. The minimum Gasteiger partial charge on any atom is -0.456 e. The second-order valence-corrected chi connectivity index (χ2v) is 14.7. The van der Waals surface area contributed by atoms with Gasteiger partial charge in [-0.15, -0.1) is 0 Å². The zero-order chi connectivity index (χ0) is 33.6. The molecule has 1 aliphatic carbocycles. The standard InChI is InChI=1S/C49H38O/c1-4-5-14-30-23-25-33-42-29-41(32-15-6-11-21-39(32)48(42)49(2,3)43(33)27-30)47-37-19-9-7-17-35(37)46(36-18-8-10-20-38(36)47)31-24-26-45-40(28-31)34-16-12-13-22-44(34)50-45/h6-13,15-29H,4-5,14H2,1-3H3. The highest BCUT2D eigenvalue weighted by molar-refractivity contribution is 6.25. The fourth-order valence-electron chi connectivity index (χ4n) is 9.09. The number of hydrogen-bond acceptors (Lipinski definition) is 1. The molecule has 0 radical (unpaired) electrons. The summed E-state index contributed by atoms with van der Waals surface area (Å²) >= 11 is 0. The third kappa shape index (κ3) is 4.13. The van der Waals surface area contributed by atoms with Crippen molar-refractivity contribution in [1.29, 1.82) is 0 Å². The lowest BCUT2D eigenvalue weighted by Gasteiger charge is -2.25. The van der Waals surface area contributed by atoms with Crippen LogP contribution in [-0.2, 0) is 11.8 Å². The Kier molecular flexibility index (Phi) is 6.39. The summed E-state index contributed by atoms with van der Waals surface area (Å²) in [6, 6.07) is 52.0. The van der Waals surface area contributed by atoms with Crippen LogP contribution in [0.5, 0.6) is 0 Å². The molecule has 0 unspecified atom stereocenters. The van der Waals surface area contributed by atoms with Crippen LogP contribution in [0, 0.1) is 0 Å². The maximum Gasteiger partial charge on any atom is 0.135 e. The average molecular weight is 643 g/mol. The molecule has 0 saturated heterocycles. The molecule has 0 atom stereocenters. The van der Waals surface area contributed by atoms with Crippen molar-refractivity contribution in [2.24, 2.45) is 0 Å². The number of rotatable bonds is 5. The van der Waals surface area contributed by atoms with E-state index in [0.717, 1.165) is 28.4 Å². The number of hydrogen-bond donors (Lipinski definition) is 0. The van der Waals surface area contributed by atoms with Crippen LogP contribution in [0.4, 0.5) is 0 Å². The molecule has 9 aromatic rings. The van der Waals surface area contributed by atoms with Gasteiger partial charge < -0.3 is 4.42 Å². The molecular formula is C49H38O. The summed E-state index contributed by atoms with van der Waals surface area (Å²) in [7, 11) is 0. The van der Waals surface area contributed by atoms with Crippen LogP contribution in [0.15, 0.2) is 144 Å². The Morgan fingerprint density at radius 3 is 1.78 bits per heavy atom. The first-order valence-corrected chi connectivity index (χ1v) is 18.1. The van der Waals surface area contributed by atoms with Crippen LogP contribution in [0.1, 0.15) is 50.3 Å². The highest BCUT2D eigenvalue weighted by Gasteiger charge is 2.38. The second-order valence-electron chi connectivity index (χ2n) is 14.7. The van der Waals surface area contributed by atoms with Crippen molar-refractivity contribution in [1.82, 2.24) is 0 Å². The molecular weight excluding hydrogens is 605 g/mol. The Hall–Kier alpha value is -5.66. The van der Waals surface area contributed by atoms with Gasteiger partial charge in [0.25, 0.3) is 0 Å². The Bertz CT molecular complexity index is 2770. The van der Waals surface area contributed by atoms with Gasteiger partial charge in [0.15, 0.2) is 0 Å². The quantitative estimate of drug-likeness (QED) is 0.170. The van der Waals surface area contributed by atoms with Crippen LogP contribution < -0.4 is 0 Å². The molecule has 0 amide bonds. The number of benzene rings is 8. The van der Waals surface area contributed by atoms with Crippen molar-refractivity contribution in [2.45, 2.75) is 45.4 Å². The van der Waals surface area contributed by atoms with Gasteiger partial charge in [0, 0.05) is 16.2 Å². The SMILES string of the molecule is CCCCc1ccc2c(c1)C(C)(C)c1c-2cc(-c2c3ccccc3c(-c3ccc4oc5ccccc5c4c3)c3ccccc23)c2ccccc12. The summed E-state index contributed by atoms with van der Waals surface area (Å²) in [4.78, 5) is 0. The van der Waals surface area contributed by atoms with E-state index in [4.69, 9.17) is 4.42 Å². The molecule has 240 valence electrons. The van der Waals surface area contributed by atoms with Gasteiger partial charge >= 0.3 is 0 Å². The average Bonchev–Trinajstić information content (AvgIpc) is 3.63. The summed E-state index contributed by atoms with van der Waals surface area (Å²) in [6.45, 7) is 7.13. The van der Waals surface area contributed by atoms with E-state index in [1.54, 1.807) is 0 Å². The molecule has 0 bridgehead atoms. The van der Waals surface area contributed by atoms with E-state index in [-0.39, 0.29) is 5.41 Å². The van der Waals surface area contributed by atoms with Gasteiger partial charge in [0.05, 0.1) is 0 Å². The van der Waals surface area contributed by atoms with Gasteiger partial charge in [-0.05, 0) is 119 Å². The molecule has 1 aliphatic rings. The van der Waals surface area contributed by atoms with Crippen LogP contribution in [0.3, 0.4) is 0 Å². The minimum atomic E-state index is -0.0884. The molecule has 1 heteroatoms. The Morgan fingerprint density at radius 2 is 1.08 bits per heavy atom. The fourth-order valence-corrected chi connectivity index (χ4v) is 9.09. The predicted molar refractivity (Wildman–Crippen MR) is 213 cm³/mol. The first-order valence-electron chi connectivity index (χ1n) is 18.1. The smallest absolute Gasteiger partial charge is 0.135 e. The van der Waals surface area contributed by atoms with E-state index in [1.807, 2.05) is 6.07 Å². The van der Waals surface area contributed by atoms with E-state index >= 15 is 0 Å². The van der Waals surface area contributed by atoms with E-state index < -0.39 is 0 Å². The zero-order valence-electron chi connectivity index (χ0n) is 28.8. The van der Waals surface area contributed by atoms with Gasteiger partial charge in [-0.2, -0.15) is 0 Å². The lowest BCUT2D eigenvalue weighted by Crippen LogP contribution is -2.16. The molecule has 1 nitrogen and oxygen atoms in total. The molecule has 50 heavy (non-hydrogen) atoms. The predicted octanol–water partition coefficient (Wildman–Crippen LogP) is 14.0. The van der Waals surface area contributed by atoms with E-state index in [9.17, 15) is 0 Å². The van der Waals surface area contributed by atoms with Crippen LogP contribution in [0.25, 0.3) is 87.6 Å². The van der Waals surface area contributed by atoms with Crippen molar-refractivity contribution in [3.8, 4) is 33.4 Å². The topological polar surface area (TPSA) is 13.1 Å². The van der Waals surface area contributed by atoms with Crippen LogP contribution in [-0.4, -0.2) is 0 Å². The zero-order valence-corrected chi connectivity index (χ0v) is 28.8. The first kappa shape index (κ1) is 29.3. The van der Waals surface area contributed by atoms with Crippen molar-refractivity contribution in [3.63, 3.8) is 0 Å². The number of aryl methyl sites for hydroxylation is 1. The van der Waals surface area contributed by atoms with Crippen LogP contribution in [0.2, 0.25) is 0 Å². The molecule has 0 fully saturated rings. The summed E-state index contributed by atoms with van der Waals surface area (Å²) in [5.74, 6) is 0. The summed E-state index contributed by atoms with van der Waals surface area (Å²) < 4.78 is 6.24. The number of fused-ring (bicyclic) bond motifs is 10. The van der Waals surface area contributed by atoms with Crippen molar-refractivity contribution >= 4 is 54.3 Å². The van der Waals surface area contributed by atoms with Crippen molar-refractivity contribution < 1.29 is 4.42 Å². The van der Waals surface area contributed by atoms with Crippen LogP contribution >= 0.6 is 0 Å². The van der Waals surface area contributed by atoms with Crippen molar-refractivity contribution in [2.75, 3.05) is 0 Å². The molecule has 10 rings (SSSR count). The monoisotopic (exact) mass is 642 g/mol. The third-order valence-electron chi connectivity index (χ3n) is 11.4. The Balaban J connectivity index is 1.28. The maximum atomic E-state index is 6.24. The highest BCUT2D eigenvalue weighted by Crippen LogP contribution is 2.55. The van der Waals surface area contributed by atoms with E-state index in [0.29, 0.717) is 0 Å². The molecule has 0 N–H and O–H groups in total. The lowest BCUT2D eigenvalue weighted by atomic mass is 9.78. The normalized spacial score (nSPS) is 13.5. The fraction of sp³-hybridized carbons (Fsp3) is 0.143. The van der Waals surface area contributed by atoms with Gasteiger partial charge in [0.2, 0.25) is 0 Å². The summed E-state index contributed by atoms with van der Waals surface area (Å²) in [5, 5.41) is 10.0. The highest BCUT2D eigenvalue weighted by atomic mass is 16.3. The second kappa shape index (κ2) is 10.9. The van der Waals surface area contributed by atoms with Gasteiger partial charge in [-0.1, -0.05) is 142 Å². The van der Waals surface area contributed by atoms with Gasteiger partial charge in [-0.25, -0.2) is 0 Å². The number of para-hydroxylation sites is 1. The molecule has 1 aromatic heterocycles. The largest absolute Gasteiger partial charge is 0.456 e. The van der Waals surface area contributed by atoms with Gasteiger partial charge in [-0.3, -0.25) is 0 Å². The molecule has 1 heterocycles. The van der Waals surface area contributed by atoms with E-state index in [2.05, 4.69) is 154 Å². The van der Waals surface area contributed by atoms with Crippen molar-refractivity contribution in [3.05, 3.63) is 156 Å². The molecule has 0 saturated carbocycles. The Labute approximate surface area is 292 Å².